The lowest BCUT2D eigenvalue weighted by Crippen LogP contribution is -2.23. The van der Waals surface area contributed by atoms with Gasteiger partial charge in [0.15, 0.2) is 5.75 Å². The molecule has 1 unspecified atom stereocenters. The first-order valence-electron chi connectivity index (χ1n) is 7.05. The van der Waals surface area contributed by atoms with E-state index in [0.29, 0.717) is 0 Å². The van der Waals surface area contributed by atoms with Crippen molar-refractivity contribution in [3.05, 3.63) is 41.7 Å². The first-order chi connectivity index (χ1) is 10.1. The maximum atomic E-state index is 5.52. The van der Waals surface area contributed by atoms with Gasteiger partial charge in [-0.1, -0.05) is 18.2 Å². The van der Waals surface area contributed by atoms with Crippen molar-refractivity contribution in [2.45, 2.75) is 30.8 Å². The Morgan fingerprint density at radius 1 is 1.29 bits per heavy atom. The summed E-state index contributed by atoms with van der Waals surface area (Å²) in [5.74, 6) is 0.818. The van der Waals surface area contributed by atoms with Crippen LogP contribution in [0.5, 0.6) is 5.75 Å². The van der Waals surface area contributed by atoms with Crippen molar-refractivity contribution in [2.24, 2.45) is 0 Å². The van der Waals surface area contributed by atoms with Crippen molar-refractivity contribution in [1.29, 1.82) is 0 Å². The molecule has 2 aromatic rings. The molecule has 0 aliphatic rings. The van der Waals surface area contributed by atoms with Crippen LogP contribution in [0.15, 0.2) is 35.4 Å². The Balaban J connectivity index is 2.58. The monoisotopic (exact) mass is 305 g/mol. The molecule has 114 valence electrons. The summed E-state index contributed by atoms with van der Waals surface area (Å²) in [6.07, 6.45) is 3.89. The second-order valence-electron chi connectivity index (χ2n) is 5.10. The summed E-state index contributed by atoms with van der Waals surface area (Å²) in [7, 11) is 3.66. The van der Waals surface area contributed by atoms with Crippen LogP contribution >= 0.6 is 11.8 Å². The van der Waals surface area contributed by atoms with Crippen LogP contribution in [0.1, 0.15) is 37.2 Å². The highest BCUT2D eigenvalue weighted by Gasteiger charge is 2.25. The summed E-state index contributed by atoms with van der Waals surface area (Å²) in [5.41, 5.74) is 2.31. The summed E-state index contributed by atoms with van der Waals surface area (Å²) in [4.78, 5) is 1.26. The molecule has 0 amide bonds. The molecular formula is C16H23N3OS. The van der Waals surface area contributed by atoms with E-state index >= 15 is 0 Å². The normalized spacial score (nSPS) is 12.7. The van der Waals surface area contributed by atoms with E-state index in [4.69, 9.17) is 4.74 Å². The zero-order chi connectivity index (χ0) is 15.4. The second-order valence-corrected chi connectivity index (χ2v) is 5.95. The zero-order valence-electron chi connectivity index (χ0n) is 13.3. The van der Waals surface area contributed by atoms with Gasteiger partial charge in [0.2, 0.25) is 0 Å². The van der Waals surface area contributed by atoms with Gasteiger partial charge < -0.3 is 10.1 Å². The van der Waals surface area contributed by atoms with Crippen LogP contribution in [0.2, 0.25) is 0 Å². The lowest BCUT2D eigenvalue weighted by atomic mass is 10.0. The number of thioether (sulfide) groups is 1. The molecule has 0 aliphatic heterocycles. The Morgan fingerprint density at radius 3 is 2.57 bits per heavy atom. The molecule has 0 bridgehead atoms. The molecule has 5 heteroatoms. The molecular weight excluding hydrogens is 282 g/mol. The van der Waals surface area contributed by atoms with Gasteiger partial charge in [0.25, 0.3) is 0 Å². The molecule has 1 aromatic heterocycles. The number of hydrogen-bond acceptors (Lipinski definition) is 4. The standard InChI is InChI=1S/C16H23N3OS/c1-11(2)19-16(13(20-4)10-18-19)15(17-3)12-8-6-7-9-14(12)21-5/h6-11,15,17H,1-5H3. The lowest BCUT2D eigenvalue weighted by Gasteiger charge is -2.23. The van der Waals surface area contributed by atoms with Gasteiger partial charge in [0.1, 0.15) is 5.69 Å². The molecule has 1 atom stereocenters. The predicted molar refractivity (Wildman–Crippen MR) is 88.3 cm³/mol. The predicted octanol–water partition coefficient (Wildman–Crippen LogP) is 3.50. The van der Waals surface area contributed by atoms with Gasteiger partial charge in [0, 0.05) is 10.9 Å². The minimum atomic E-state index is 0.0495. The summed E-state index contributed by atoms with van der Waals surface area (Å²) in [6, 6.07) is 8.77. The fourth-order valence-corrected chi connectivity index (χ4v) is 3.18. The van der Waals surface area contributed by atoms with E-state index in [9.17, 15) is 0 Å². The highest BCUT2D eigenvalue weighted by atomic mass is 32.2. The fraction of sp³-hybridized carbons (Fsp3) is 0.438. The van der Waals surface area contributed by atoms with Gasteiger partial charge in [-0.2, -0.15) is 5.10 Å². The Morgan fingerprint density at radius 2 is 2.00 bits per heavy atom. The number of ether oxygens (including phenoxy) is 1. The smallest absolute Gasteiger partial charge is 0.161 e. The summed E-state index contributed by atoms with van der Waals surface area (Å²) < 4.78 is 7.55. The van der Waals surface area contributed by atoms with E-state index in [1.807, 2.05) is 11.7 Å². The third-order valence-electron chi connectivity index (χ3n) is 3.52. The number of nitrogens with one attached hydrogen (secondary N) is 1. The summed E-state index contributed by atoms with van der Waals surface area (Å²) >= 11 is 1.75. The molecule has 0 spiro atoms. The fourth-order valence-electron chi connectivity index (χ4n) is 2.54. The Kier molecular flexibility index (Phi) is 5.31. The number of benzene rings is 1. The third-order valence-corrected chi connectivity index (χ3v) is 4.33. The van der Waals surface area contributed by atoms with Gasteiger partial charge in [-0.05, 0) is 38.8 Å². The van der Waals surface area contributed by atoms with Crippen LogP contribution in [0.25, 0.3) is 0 Å². The maximum Gasteiger partial charge on any atom is 0.161 e. The van der Waals surface area contributed by atoms with Gasteiger partial charge in [0.05, 0.1) is 19.3 Å². The molecule has 4 nitrogen and oxygen atoms in total. The topological polar surface area (TPSA) is 39.1 Å². The zero-order valence-corrected chi connectivity index (χ0v) is 14.1. The van der Waals surface area contributed by atoms with Crippen LogP contribution in [0, 0.1) is 0 Å². The van der Waals surface area contributed by atoms with E-state index in [2.05, 4.69) is 54.8 Å². The maximum absolute atomic E-state index is 5.52. The molecule has 0 aliphatic carbocycles. The first kappa shape index (κ1) is 15.9. The highest BCUT2D eigenvalue weighted by molar-refractivity contribution is 7.98. The molecule has 1 N–H and O–H groups in total. The van der Waals surface area contributed by atoms with Gasteiger partial charge in [-0.25, -0.2) is 0 Å². The Bertz CT molecular complexity index is 595. The number of methoxy groups -OCH3 is 1. The average Bonchev–Trinajstić information content (AvgIpc) is 2.92. The summed E-state index contributed by atoms with van der Waals surface area (Å²) in [5, 5.41) is 7.89. The molecule has 1 aromatic carbocycles. The van der Waals surface area contributed by atoms with E-state index in [0.717, 1.165) is 11.4 Å². The molecule has 0 saturated heterocycles. The lowest BCUT2D eigenvalue weighted by molar-refractivity contribution is 0.396. The third kappa shape index (κ3) is 3.09. The minimum Gasteiger partial charge on any atom is -0.493 e. The molecule has 0 fully saturated rings. The van der Waals surface area contributed by atoms with Gasteiger partial charge in [-0.3, -0.25) is 4.68 Å². The van der Waals surface area contributed by atoms with Crippen LogP contribution in [-0.4, -0.2) is 30.2 Å². The van der Waals surface area contributed by atoms with Crippen LogP contribution in [0.3, 0.4) is 0 Å². The molecule has 1 heterocycles. The number of rotatable bonds is 6. The van der Waals surface area contributed by atoms with Crippen LogP contribution in [0.4, 0.5) is 0 Å². The Hall–Kier alpha value is -1.46. The highest BCUT2D eigenvalue weighted by Crippen LogP contribution is 2.35. The quantitative estimate of drug-likeness (QED) is 0.829. The van der Waals surface area contributed by atoms with E-state index in [1.54, 1.807) is 25.1 Å². The first-order valence-corrected chi connectivity index (χ1v) is 8.28. The minimum absolute atomic E-state index is 0.0495. The van der Waals surface area contributed by atoms with Crippen molar-refractivity contribution in [1.82, 2.24) is 15.1 Å². The van der Waals surface area contributed by atoms with Crippen molar-refractivity contribution < 1.29 is 4.74 Å². The SMILES string of the molecule is CNC(c1ccccc1SC)c1c(OC)cnn1C(C)C. The molecule has 0 radical (unpaired) electrons. The van der Waals surface area contributed by atoms with Crippen LogP contribution in [-0.2, 0) is 0 Å². The van der Waals surface area contributed by atoms with E-state index in [1.165, 1.54) is 10.5 Å². The van der Waals surface area contributed by atoms with E-state index in [-0.39, 0.29) is 12.1 Å². The van der Waals surface area contributed by atoms with Crippen LogP contribution < -0.4 is 10.1 Å². The molecule has 0 saturated carbocycles. The number of nitrogens with zero attached hydrogens (tertiary/aromatic N) is 2. The average molecular weight is 305 g/mol. The van der Waals surface area contributed by atoms with Gasteiger partial charge in [-0.15, -0.1) is 11.8 Å². The van der Waals surface area contributed by atoms with Crippen molar-refractivity contribution >= 4 is 11.8 Å². The van der Waals surface area contributed by atoms with Gasteiger partial charge >= 0.3 is 0 Å². The van der Waals surface area contributed by atoms with Crippen molar-refractivity contribution in [3.8, 4) is 5.75 Å². The number of hydrogen-bond donors (Lipinski definition) is 1. The van der Waals surface area contributed by atoms with Crippen molar-refractivity contribution in [3.63, 3.8) is 0 Å². The molecule has 21 heavy (non-hydrogen) atoms. The molecule has 2 rings (SSSR count). The second kappa shape index (κ2) is 7.00. The largest absolute Gasteiger partial charge is 0.493 e. The summed E-state index contributed by atoms with van der Waals surface area (Å²) in [6.45, 7) is 4.26. The van der Waals surface area contributed by atoms with E-state index < -0.39 is 0 Å². The Labute approximate surface area is 130 Å². The van der Waals surface area contributed by atoms with Crippen molar-refractivity contribution in [2.75, 3.05) is 20.4 Å². The number of aromatic nitrogens is 2.